The van der Waals surface area contributed by atoms with Crippen LogP contribution >= 0.6 is 15.9 Å². The number of amides is 2. The van der Waals surface area contributed by atoms with Crippen molar-refractivity contribution in [3.8, 4) is 11.5 Å². The molecule has 0 aromatic heterocycles. The summed E-state index contributed by atoms with van der Waals surface area (Å²) in [5.74, 6) is 0.607. The van der Waals surface area contributed by atoms with E-state index in [-0.39, 0.29) is 19.1 Å². The molecule has 6 nitrogen and oxygen atoms in total. The van der Waals surface area contributed by atoms with E-state index in [0.717, 1.165) is 21.2 Å². The molecule has 2 aromatic carbocycles. The second-order valence-electron chi connectivity index (χ2n) is 6.71. The van der Waals surface area contributed by atoms with Gasteiger partial charge >= 0.3 is 0 Å². The van der Waals surface area contributed by atoms with E-state index >= 15 is 0 Å². The molecule has 0 radical (unpaired) electrons. The summed E-state index contributed by atoms with van der Waals surface area (Å²) in [7, 11) is 0. The Kier molecular flexibility index (Phi) is 7.87. The van der Waals surface area contributed by atoms with Crippen LogP contribution in [0.5, 0.6) is 11.5 Å². The number of hydrogen-bond donors (Lipinski definition) is 2. The third-order valence-electron chi connectivity index (χ3n) is 4.21. The van der Waals surface area contributed by atoms with Gasteiger partial charge in [0.15, 0.2) is 13.2 Å². The molecule has 2 rings (SSSR count). The van der Waals surface area contributed by atoms with E-state index in [1.165, 1.54) is 0 Å². The number of hydrogen-bond acceptors (Lipinski definition) is 4. The Morgan fingerprint density at radius 1 is 0.964 bits per heavy atom. The first-order valence-corrected chi connectivity index (χ1v) is 9.76. The van der Waals surface area contributed by atoms with Crippen LogP contribution in [0.15, 0.2) is 40.9 Å². The van der Waals surface area contributed by atoms with Gasteiger partial charge in [-0.2, -0.15) is 0 Å². The molecule has 0 bridgehead atoms. The molecule has 2 amide bonds. The Balaban J connectivity index is 1.78. The topological polar surface area (TPSA) is 76.7 Å². The maximum Gasteiger partial charge on any atom is 0.276 e. The number of hydrazine groups is 1. The van der Waals surface area contributed by atoms with Crippen LogP contribution in [0.3, 0.4) is 0 Å². The molecule has 0 aliphatic heterocycles. The largest absolute Gasteiger partial charge is 0.483 e. The number of carbonyl (C=O) groups excluding carboxylic acids is 2. The lowest BCUT2D eigenvalue weighted by Crippen LogP contribution is -2.45. The molecule has 2 N–H and O–H groups in total. The van der Waals surface area contributed by atoms with E-state index in [2.05, 4.69) is 26.8 Å². The van der Waals surface area contributed by atoms with Crippen molar-refractivity contribution in [2.75, 3.05) is 13.2 Å². The lowest BCUT2D eigenvalue weighted by atomic mass is 10.0. The number of rotatable bonds is 7. The van der Waals surface area contributed by atoms with Gasteiger partial charge in [0, 0.05) is 4.47 Å². The Bertz CT molecular complexity index is 852. The summed E-state index contributed by atoms with van der Waals surface area (Å²) in [6.45, 7) is 7.58. The van der Waals surface area contributed by atoms with Crippen molar-refractivity contribution in [1.29, 1.82) is 0 Å². The van der Waals surface area contributed by atoms with E-state index in [1.54, 1.807) is 6.07 Å². The average molecular weight is 449 g/mol. The van der Waals surface area contributed by atoms with Crippen LogP contribution in [-0.2, 0) is 9.59 Å². The van der Waals surface area contributed by atoms with Gasteiger partial charge in [-0.25, -0.2) is 0 Å². The summed E-state index contributed by atoms with van der Waals surface area (Å²) in [6.07, 6.45) is 0. The molecule has 0 aliphatic carbocycles. The molecule has 0 aliphatic rings. The van der Waals surface area contributed by atoms with E-state index in [1.807, 2.05) is 58.0 Å². The molecule has 150 valence electrons. The van der Waals surface area contributed by atoms with Gasteiger partial charge in [0.25, 0.3) is 11.8 Å². The van der Waals surface area contributed by atoms with Gasteiger partial charge in [0.1, 0.15) is 11.5 Å². The van der Waals surface area contributed by atoms with Crippen molar-refractivity contribution >= 4 is 27.7 Å². The highest BCUT2D eigenvalue weighted by Gasteiger charge is 2.12. The average Bonchev–Trinajstić information content (AvgIpc) is 2.66. The highest BCUT2D eigenvalue weighted by molar-refractivity contribution is 9.10. The third kappa shape index (κ3) is 6.27. The predicted molar refractivity (Wildman–Crippen MR) is 111 cm³/mol. The summed E-state index contributed by atoms with van der Waals surface area (Å²) >= 11 is 3.43. The summed E-state index contributed by atoms with van der Waals surface area (Å²) in [5, 5.41) is 0. The van der Waals surface area contributed by atoms with Crippen LogP contribution in [0.1, 0.15) is 36.5 Å². The fraction of sp³-hybridized carbons (Fsp3) is 0.333. The Morgan fingerprint density at radius 3 is 2.18 bits per heavy atom. The van der Waals surface area contributed by atoms with Crippen molar-refractivity contribution < 1.29 is 19.1 Å². The number of nitrogens with one attached hydrogen (secondary N) is 2. The number of aryl methyl sites for hydroxylation is 1. The van der Waals surface area contributed by atoms with E-state index < -0.39 is 11.8 Å². The minimum absolute atomic E-state index is 0.199. The molecule has 0 unspecified atom stereocenters. The standard InChI is InChI=1S/C21H25BrN2O4/c1-13(2)17-10-16(22)8-9-19(17)28-12-21(26)24-23-20(25)11-27-18-7-5-6-14(3)15(18)4/h5-10,13H,11-12H2,1-4H3,(H,23,25)(H,24,26). The van der Waals surface area contributed by atoms with Crippen LogP contribution in [0.2, 0.25) is 0 Å². The number of benzene rings is 2. The molecule has 0 spiro atoms. The zero-order valence-corrected chi connectivity index (χ0v) is 18.1. The first-order chi connectivity index (χ1) is 13.3. The van der Waals surface area contributed by atoms with Gasteiger partial charge in [-0.3, -0.25) is 20.4 Å². The molecular formula is C21H25BrN2O4. The maximum atomic E-state index is 11.9. The van der Waals surface area contributed by atoms with Crippen LogP contribution in [0.4, 0.5) is 0 Å². The molecule has 0 atom stereocenters. The quantitative estimate of drug-likeness (QED) is 0.631. The summed E-state index contributed by atoms with van der Waals surface area (Å²) in [6, 6.07) is 11.3. The van der Waals surface area contributed by atoms with Gasteiger partial charge in [-0.15, -0.1) is 0 Å². The fourth-order valence-corrected chi connectivity index (χ4v) is 2.86. The molecule has 28 heavy (non-hydrogen) atoms. The second kappa shape index (κ2) is 10.1. The SMILES string of the molecule is Cc1cccc(OCC(=O)NNC(=O)COc2ccc(Br)cc2C(C)C)c1C. The van der Waals surface area contributed by atoms with Crippen LogP contribution in [0.25, 0.3) is 0 Å². The number of halogens is 1. The van der Waals surface area contributed by atoms with Gasteiger partial charge < -0.3 is 9.47 Å². The van der Waals surface area contributed by atoms with Gasteiger partial charge in [0.2, 0.25) is 0 Å². The van der Waals surface area contributed by atoms with Gasteiger partial charge in [-0.1, -0.05) is 41.9 Å². The van der Waals surface area contributed by atoms with Crippen molar-refractivity contribution in [2.24, 2.45) is 0 Å². The van der Waals surface area contributed by atoms with E-state index in [9.17, 15) is 9.59 Å². The third-order valence-corrected chi connectivity index (χ3v) is 4.70. The van der Waals surface area contributed by atoms with Crippen LogP contribution in [-0.4, -0.2) is 25.0 Å². The van der Waals surface area contributed by atoms with Crippen molar-refractivity contribution in [1.82, 2.24) is 10.9 Å². The number of carbonyl (C=O) groups is 2. The van der Waals surface area contributed by atoms with Gasteiger partial charge in [0.05, 0.1) is 0 Å². The monoisotopic (exact) mass is 448 g/mol. The highest BCUT2D eigenvalue weighted by Crippen LogP contribution is 2.29. The van der Waals surface area contributed by atoms with Crippen LogP contribution < -0.4 is 20.3 Å². The smallest absolute Gasteiger partial charge is 0.276 e. The number of ether oxygens (including phenoxy) is 2. The maximum absolute atomic E-state index is 11.9. The normalized spacial score (nSPS) is 10.5. The molecule has 2 aromatic rings. The molecule has 7 heteroatoms. The second-order valence-corrected chi connectivity index (χ2v) is 7.62. The Labute approximate surface area is 173 Å². The molecular weight excluding hydrogens is 424 g/mol. The zero-order chi connectivity index (χ0) is 20.7. The van der Waals surface area contributed by atoms with Crippen molar-refractivity contribution in [3.05, 3.63) is 57.6 Å². The van der Waals surface area contributed by atoms with Crippen LogP contribution in [0, 0.1) is 13.8 Å². The Morgan fingerprint density at radius 2 is 1.57 bits per heavy atom. The highest BCUT2D eigenvalue weighted by atomic mass is 79.9. The van der Waals surface area contributed by atoms with Crippen molar-refractivity contribution in [2.45, 2.75) is 33.6 Å². The van der Waals surface area contributed by atoms with E-state index in [4.69, 9.17) is 9.47 Å². The summed E-state index contributed by atoms with van der Waals surface area (Å²) in [5.41, 5.74) is 7.69. The zero-order valence-electron chi connectivity index (χ0n) is 16.5. The summed E-state index contributed by atoms with van der Waals surface area (Å²) < 4.78 is 12.0. The first kappa shape index (κ1) is 21.8. The lowest BCUT2D eigenvalue weighted by molar-refractivity contribution is -0.131. The molecule has 0 saturated carbocycles. The van der Waals surface area contributed by atoms with Crippen molar-refractivity contribution in [3.63, 3.8) is 0 Å². The minimum atomic E-state index is -0.460. The predicted octanol–water partition coefficient (Wildman–Crippen LogP) is 3.79. The fourth-order valence-electron chi connectivity index (χ4n) is 2.48. The summed E-state index contributed by atoms with van der Waals surface area (Å²) in [4.78, 5) is 23.8. The molecule has 0 fully saturated rings. The molecule has 0 saturated heterocycles. The molecule has 0 heterocycles. The van der Waals surface area contributed by atoms with E-state index in [0.29, 0.717) is 11.5 Å². The van der Waals surface area contributed by atoms with Gasteiger partial charge in [-0.05, 0) is 60.7 Å². The Hall–Kier alpha value is -2.54. The lowest BCUT2D eigenvalue weighted by Gasteiger charge is -2.15. The first-order valence-electron chi connectivity index (χ1n) is 8.97. The minimum Gasteiger partial charge on any atom is -0.483 e.